The van der Waals surface area contributed by atoms with Crippen LogP contribution in [0.25, 0.3) is 0 Å². The normalized spacial score (nSPS) is 13.1. The highest BCUT2D eigenvalue weighted by molar-refractivity contribution is 9.10. The fourth-order valence-electron chi connectivity index (χ4n) is 2.35. The summed E-state index contributed by atoms with van der Waals surface area (Å²) in [6, 6.07) is 7.79. The van der Waals surface area contributed by atoms with Crippen molar-refractivity contribution in [3.05, 3.63) is 52.3 Å². The van der Waals surface area contributed by atoms with Crippen LogP contribution in [0.2, 0.25) is 0 Å². The maximum Gasteiger partial charge on any atom is 0.268 e. The van der Waals surface area contributed by atoms with Crippen LogP contribution in [-0.4, -0.2) is 18.9 Å². The number of rotatable bonds is 5. The molecule has 0 aliphatic heterocycles. The number of halogens is 1. The third kappa shape index (κ3) is 4.25. The van der Waals surface area contributed by atoms with Crippen molar-refractivity contribution in [3.63, 3.8) is 0 Å². The van der Waals surface area contributed by atoms with Gasteiger partial charge < -0.3 is 9.88 Å². The molecule has 1 aromatic heterocycles. The van der Waals surface area contributed by atoms with Crippen LogP contribution in [0.3, 0.4) is 0 Å². The number of nitrogens with zero attached hydrogens (tertiary/aromatic N) is 1. The molecule has 0 spiro atoms. The van der Waals surface area contributed by atoms with Crippen LogP contribution < -0.4 is 10.5 Å². The minimum absolute atomic E-state index is 0.0439. The topological polar surface area (TPSA) is 94.2 Å². The fraction of sp³-hybridized carbons (Fsp3) is 0.312. The molecule has 0 aliphatic carbocycles. The Balaban J connectivity index is 2.17. The Morgan fingerprint density at radius 3 is 2.29 bits per heavy atom. The summed E-state index contributed by atoms with van der Waals surface area (Å²) in [5.41, 5.74) is 1.35. The van der Waals surface area contributed by atoms with Crippen LogP contribution >= 0.6 is 15.9 Å². The maximum atomic E-state index is 12.5. The van der Waals surface area contributed by atoms with E-state index in [1.54, 1.807) is 18.2 Å². The van der Waals surface area contributed by atoms with E-state index in [9.17, 15) is 13.2 Å². The van der Waals surface area contributed by atoms with Crippen LogP contribution in [0, 0.1) is 0 Å². The number of nitrogens with one attached hydrogen (secondary N) is 1. The van der Waals surface area contributed by atoms with Crippen molar-refractivity contribution in [1.82, 2.24) is 9.88 Å². The Morgan fingerprint density at radius 2 is 1.79 bits per heavy atom. The molecule has 2 aromatic rings. The van der Waals surface area contributed by atoms with Gasteiger partial charge in [0.05, 0.1) is 10.9 Å². The molecule has 1 atom stereocenters. The molecule has 0 aliphatic rings. The second kappa shape index (κ2) is 7.08. The molecular formula is C16H20BrN3O3S. The highest BCUT2D eigenvalue weighted by atomic mass is 79.9. The maximum absolute atomic E-state index is 12.5. The van der Waals surface area contributed by atoms with Crippen molar-refractivity contribution in [2.45, 2.75) is 37.8 Å². The molecule has 0 radical (unpaired) electrons. The zero-order chi connectivity index (χ0) is 18.1. The van der Waals surface area contributed by atoms with Crippen molar-refractivity contribution in [3.8, 4) is 0 Å². The first-order valence-corrected chi connectivity index (χ1v) is 9.74. The van der Waals surface area contributed by atoms with E-state index in [0.717, 1.165) is 10.0 Å². The molecule has 3 N–H and O–H groups in total. The zero-order valence-electron chi connectivity index (χ0n) is 13.7. The van der Waals surface area contributed by atoms with Gasteiger partial charge in [0.15, 0.2) is 0 Å². The largest absolute Gasteiger partial charge is 0.344 e. The van der Waals surface area contributed by atoms with Crippen molar-refractivity contribution < 1.29 is 13.2 Å². The first-order chi connectivity index (χ1) is 11.1. The summed E-state index contributed by atoms with van der Waals surface area (Å²) in [5, 5.41) is 8.00. The molecule has 8 heteroatoms. The van der Waals surface area contributed by atoms with Gasteiger partial charge in [0, 0.05) is 16.7 Å². The van der Waals surface area contributed by atoms with E-state index in [1.807, 2.05) is 31.5 Å². The second-order valence-corrected chi connectivity index (χ2v) is 8.33. The molecule has 130 valence electrons. The van der Waals surface area contributed by atoms with Crippen LogP contribution in [0.15, 0.2) is 45.9 Å². The minimum Gasteiger partial charge on any atom is -0.344 e. The number of carbonyl (C=O) groups excluding carboxylic acids is 1. The van der Waals surface area contributed by atoms with Gasteiger partial charge >= 0.3 is 0 Å². The Kier molecular flexibility index (Phi) is 5.52. The van der Waals surface area contributed by atoms with Gasteiger partial charge in [-0.1, -0.05) is 12.1 Å². The van der Waals surface area contributed by atoms with Gasteiger partial charge in [0.1, 0.15) is 5.69 Å². The third-order valence-electron chi connectivity index (χ3n) is 3.66. The molecule has 2 rings (SSSR count). The van der Waals surface area contributed by atoms with Crippen molar-refractivity contribution >= 4 is 31.9 Å². The summed E-state index contributed by atoms with van der Waals surface area (Å²) in [7, 11) is -3.72. The van der Waals surface area contributed by atoms with Gasteiger partial charge in [-0.05, 0) is 60.5 Å². The number of carbonyl (C=O) groups is 1. The molecule has 0 saturated carbocycles. The molecule has 1 aromatic carbocycles. The molecule has 24 heavy (non-hydrogen) atoms. The lowest BCUT2D eigenvalue weighted by Gasteiger charge is -2.17. The first-order valence-electron chi connectivity index (χ1n) is 7.40. The lowest BCUT2D eigenvalue weighted by Crippen LogP contribution is -2.29. The molecule has 1 unspecified atom stereocenters. The van der Waals surface area contributed by atoms with E-state index in [2.05, 4.69) is 21.2 Å². The molecule has 1 amide bonds. The summed E-state index contributed by atoms with van der Waals surface area (Å²) in [4.78, 5) is 12.6. The number of primary sulfonamides is 1. The highest BCUT2D eigenvalue weighted by Gasteiger charge is 2.18. The zero-order valence-corrected chi connectivity index (χ0v) is 16.1. The predicted octanol–water partition coefficient (Wildman–Crippen LogP) is 2.97. The van der Waals surface area contributed by atoms with Crippen molar-refractivity contribution in [1.29, 1.82) is 0 Å². The number of amides is 1. The van der Waals surface area contributed by atoms with E-state index < -0.39 is 10.0 Å². The Labute approximate surface area is 150 Å². The lowest BCUT2D eigenvalue weighted by atomic mass is 10.1. The summed E-state index contributed by atoms with van der Waals surface area (Å²) in [6.07, 6.45) is 1.87. The van der Waals surface area contributed by atoms with Gasteiger partial charge in [-0.15, -0.1) is 0 Å². The molecular weight excluding hydrogens is 394 g/mol. The SMILES string of the molecule is CC(NC(=O)c1cc(Br)cn1C(C)C)c1ccc(S(N)(=O)=O)cc1. The molecule has 1 heterocycles. The van der Waals surface area contributed by atoms with Crippen LogP contribution in [0.4, 0.5) is 0 Å². The van der Waals surface area contributed by atoms with Gasteiger partial charge in [-0.25, -0.2) is 13.6 Å². The monoisotopic (exact) mass is 413 g/mol. The number of sulfonamides is 1. The van der Waals surface area contributed by atoms with Crippen molar-refractivity contribution in [2.24, 2.45) is 5.14 Å². The fourth-order valence-corrected chi connectivity index (χ4v) is 3.31. The number of benzene rings is 1. The molecule has 0 saturated heterocycles. The van der Waals surface area contributed by atoms with Gasteiger partial charge in [-0.3, -0.25) is 4.79 Å². The van der Waals surface area contributed by atoms with Crippen LogP contribution in [0.1, 0.15) is 48.9 Å². The Morgan fingerprint density at radius 1 is 1.21 bits per heavy atom. The standard InChI is InChI=1S/C16H20BrN3O3S/c1-10(2)20-9-13(17)8-15(20)16(21)19-11(3)12-4-6-14(7-5-12)24(18,22)23/h4-11H,1-3H3,(H,19,21)(H2,18,22,23). The number of nitrogens with two attached hydrogens (primary N) is 1. The molecule has 0 fully saturated rings. The van der Waals surface area contributed by atoms with Gasteiger partial charge in [-0.2, -0.15) is 0 Å². The second-order valence-electron chi connectivity index (χ2n) is 5.85. The smallest absolute Gasteiger partial charge is 0.268 e. The third-order valence-corrected chi connectivity index (χ3v) is 5.02. The summed E-state index contributed by atoms with van der Waals surface area (Å²) >= 11 is 3.39. The average Bonchev–Trinajstić information content (AvgIpc) is 2.89. The summed E-state index contributed by atoms with van der Waals surface area (Å²) in [5.74, 6) is -0.197. The van der Waals surface area contributed by atoms with Crippen molar-refractivity contribution in [2.75, 3.05) is 0 Å². The van der Waals surface area contributed by atoms with E-state index in [4.69, 9.17) is 5.14 Å². The van der Waals surface area contributed by atoms with Gasteiger partial charge in [0.25, 0.3) is 5.91 Å². The highest BCUT2D eigenvalue weighted by Crippen LogP contribution is 2.21. The Hall–Kier alpha value is -1.64. The predicted molar refractivity (Wildman–Crippen MR) is 96.2 cm³/mol. The van der Waals surface area contributed by atoms with Crippen LogP contribution in [-0.2, 0) is 10.0 Å². The number of hydrogen-bond donors (Lipinski definition) is 2. The average molecular weight is 414 g/mol. The van der Waals surface area contributed by atoms with E-state index in [-0.39, 0.29) is 22.9 Å². The van der Waals surface area contributed by atoms with Crippen LogP contribution in [0.5, 0.6) is 0 Å². The first kappa shape index (κ1) is 18.7. The summed E-state index contributed by atoms with van der Waals surface area (Å²) in [6.45, 7) is 5.83. The number of aromatic nitrogens is 1. The lowest BCUT2D eigenvalue weighted by molar-refractivity contribution is 0.0929. The minimum atomic E-state index is -3.72. The van der Waals surface area contributed by atoms with E-state index >= 15 is 0 Å². The van der Waals surface area contributed by atoms with E-state index in [1.165, 1.54) is 12.1 Å². The molecule has 6 nitrogen and oxygen atoms in total. The van der Waals surface area contributed by atoms with Gasteiger partial charge in [0.2, 0.25) is 10.0 Å². The molecule has 0 bridgehead atoms. The quantitative estimate of drug-likeness (QED) is 0.788. The summed E-state index contributed by atoms with van der Waals surface area (Å²) < 4.78 is 25.3. The Bertz CT molecular complexity index is 842. The van der Waals surface area contributed by atoms with E-state index in [0.29, 0.717) is 5.69 Å². The number of hydrogen-bond acceptors (Lipinski definition) is 3.